The van der Waals surface area contributed by atoms with E-state index in [1.807, 2.05) is 6.92 Å². The van der Waals surface area contributed by atoms with Crippen molar-refractivity contribution in [1.29, 1.82) is 0 Å². The summed E-state index contributed by atoms with van der Waals surface area (Å²) in [5.41, 5.74) is -3.66. The Bertz CT molecular complexity index is 1070. The van der Waals surface area contributed by atoms with E-state index in [2.05, 4.69) is 20.8 Å². The molecule has 4 aliphatic rings. The molecule has 0 spiro atoms. The maximum absolute atomic E-state index is 13.1. The van der Waals surface area contributed by atoms with Gasteiger partial charge in [0.15, 0.2) is 5.78 Å². The average molecular weight is 585 g/mol. The van der Waals surface area contributed by atoms with Crippen molar-refractivity contribution < 1.29 is 29.3 Å². The van der Waals surface area contributed by atoms with E-state index in [1.165, 1.54) is 64.2 Å². The second kappa shape index (κ2) is 13.1. The number of fused-ring (bicyclic) bond motifs is 5. The molecular formula is C36H56O6. The SMILES string of the molecule is CCCCCCCCCCCCCCCC(=O)O[C@@]12C[C@@H](C)[C@@]3(O)[C@@H](C=C(C=O)C[C@]4(O)C(=O)C(C)=C[C@@H]34)[C@H]1C2(C)C. The van der Waals surface area contributed by atoms with E-state index in [4.69, 9.17) is 4.74 Å². The molecule has 0 saturated heterocycles. The number of unbranched alkanes of at least 4 members (excludes halogenated alkanes) is 12. The summed E-state index contributed by atoms with van der Waals surface area (Å²) in [7, 11) is 0. The van der Waals surface area contributed by atoms with Gasteiger partial charge in [-0.15, -0.1) is 0 Å². The minimum atomic E-state index is -1.83. The number of carbonyl (C=O) groups is 3. The molecule has 0 aromatic heterocycles. The predicted molar refractivity (Wildman–Crippen MR) is 165 cm³/mol. The smallest absolute Gasteiger partial charge is 0.306 e. The van der Waals surface area contributed by atoms with Gasteiger partial charge in [-0.25, -0.2) is 0 Å². The van der Waals surface area contributed by atoms with Crippen LogP contribution in [0.15, 0.2) is 23.3 Å². The lowest BCUT2D eigenvalue weighted by molar-refractivity contribution is -0.187. The molecule has 0 aliphatic heterocycles. The number of hydrogen-bond acceptors (Lipinski definition) is 6. The van der Waals surface area contributed by atoms with Crippen molar-refractivity contribution in [3.63, 3.8) is 0 Å². The Labute approximate surface area is 253 Å². The van der Waals surface area contributed by atoms with E-state index in [0.717, 1.165) is 19.3 Å². The fourth-order valence-electron chi connectivity index (χ4n) is 9.05. The van der Waals surface area contributed by atoms with Crippen molar-refractivity contribution in [2.75, 3.05) is 0 Å². The van der Waals surface area contributed by atoms with E-state index in [9.17, 15) is 24.6 Å². The highest BCUT2D eigenvalue weighted by molar-refractivity contribution is 6.05. The average Bonchev–Trinajstić information content (AvgIpc) is 3.34. The van der Waals surface area contributed by atoms with Crippen LogP contribution in [0.1, 0.15) is 137 Å². The van der Waals surface area contributed by atoms with E-state index in [-0.39, 0.29) is 24.2 Å². The zero-order valence-electron chi connectivity index (χ0n) is 26.9. The molecule has 0 amide bonds. The zero-order chi connectivity index (χ0) is 30.8. The molecule has 4 rings (SSSR count). The summed E-state index contributed by atoms with van der Waals surface area (Å²) in [5, 5.41) is 24.0. The van der Waals surface area contributed by atoms with Crippen LogP contribution in [0, 0.1) is 29.1 Å². The second-order valence-corrected chi connectivity index (χ2v) is 14.7. The highest BCUT2D eigenvalue weighted by Crippen LogP contribution is 2.76. The molecule has 0 radical (unpaired) electrons. The first kappa shape index (κ1) is 33.1. The summed E-state index contributed by atoms with van der Waals surface area (Å²) in [5.74, 6) is -2.51. The molecule has 0 unspecified atom stereocenters. The number of carbonyl (C=O) groups excluding carboxylic acids is 3. The number of ether oxygens (including phenoxy) is 1. The lowest BCUT2D eigenvalue weighted by Crippen LogP contribution is -2.61. The van der Waals surface area contributed by atoms with Crippen molar-refractivity contribution in [1.82, 2.24) is 0 Å². The molecule has 2 saturated carbocycles. The Kier molecular flexibility index (Phi) is 10.3. The molecule has 6 nitrogen and oxygen atoms in total. The lowest BCUT2D eigenvalue weighted by Gasteiger charge is -2.50. The summed E-state index contributed by atoms with van der Waals surface area (Å²) < 4.78 is 6.32. The first-order chi connectivity index (χ1) is 19.9. The van der Waals surface area contributed by atoms with Gasteiger partial charge in [-0.3, -0.25) is 14.4 Å². The van der Waals surface area contributed by atoms with Crippen LogP contribution < -0.4 is 0 Å². The van der Waals surface area contributed by atoms with Crippen LogP contribution in [0.3, 0.4) is 0 Å². The zero-order valence-corrected chi connectivity index (χ0v) is 26.9. The largest absolute Gasteiger partial charge is 0.458 e. The van der Waals surface area contributed by atoms with Gasteiger partial charge in [-0.2, -0.15) is 0 Å². The fourth-order valence-corrected chi connectivity index (χ4v) is 9.05. The van der Waals surface area contributed by atoms with Gasteiger partial charge in [0.25, 0.3) is 0 Å². The molecule has 42 heavy (non-hydrogen) atoms. The van der Waals surface area contributed by atoms with Crippen LogP contribution in [0.25, 0.3) is 0 Å². The molecule has 2 fully saturated rings. The van der Waals surface area contributed by atoms with Gasteiger partial charge in [0.05, 0.1) is 5.60 Å². The minimum absolute atomic E-state index is 0.113. The Morgan fingerprint density at radius 3 is 2.05 bits per heavy atom. The van der Waals surface area contributed by atoms with Gasteiger partial charge in [0.2, 0.25) is 0 Å². The summed E-state index contributed by atoms with van der Waals surface area (Å²) in [4.78, 5) is 38.2. The third-order valence-corrected chi connectivity index (χ3v) is 11.6. The number of aliphatic hydroxyl groups is 2. The van der Waals surface area contributed by atoms with E-state index < -0.39 is 39.8 Å². The molecule has 7 atom stereocenters. The normalized spacial score (nSPS) is 36.2. The summed E-state index contributed by atoms with van der Waals surface area (Å²) in [6.45, 7) is 9.98. The van der Waals surface area contributed by atoms with Crippen molar-refractivity contribution >= 4 is 18.0 Å². The molecule has 0 bridgehead atoms. The van der Waals surface area contributed by atoms with Crippen molar-refractivity contribution in [2.24, 2.45) is 29.1 Å². The maximum atomic E-state index is 13.1. The number of Topliss-reactive ketones (excluding diaryl/α,β-unsaturated/α-hetero) is 1. The summed E-state index contributed by atoms with van der Waals surface area (Å²) in [6, 6.07) is 0. The van der Waals surface area contributed by atoms with Gasteiger partial charge in [0.1, 0.15) is 17.5 Å². The third-order valence-electron chi connectivity index (χ3n) is 11.6. The van der Waals surface area contributed by atoms with E-state index in [1.54, 1.807) is 19.1 Å². The van der Waals surface area contributed by atoms with Crippen molar-refractivity contribution in [3.8, 4) is 0 Å². The highest BCUT2D eigenvalue weighted by Gasteiger charge is 2.83. The Hall–Kier alpha value is -1.79. The number of rotatable bonds is 16. The molecule has 2 N–H and O–H groups in total. The monoisotopic (exact) mass is 584 g/mol. The van der Waals surface area contributed by atoms with Crippen molar-refractivity contribution in [3.05, 3.63) is 23.3 Å². The third kappa shape index (κ3) is 5.84. The van der Waals surface area contributed by atoms with Crippen LogP contribution >= 0.6 is 0 Å². The molecule has 0 aromatic rings. The van der Waals surface area contributed by atoms with Gasteiger partial charge >= 0.3 is 5.97 Å². The molecule has 0 heterocycles. The summed E-state index contributed by atoms with van der Waals surface area (Å²) in [6.07, 6.45) is 21.2. The second-order valence-electron chi connectivity index (χ2n) is 14.7. The van der Waals surface area contributed by atoms with Crippen LogP contribution in [-0.4, -0.2) is 45.1 Å². The topological polar surface area (TPSA) is 101 Å². The number of esters is 1. The number of ketones is 1. The Morgan fingerprint density at radius 2 is 1.50 bits per heavy atom. The Balaban J connectivity index is 1.30. The first-order valence-corrected chi connectivity index (χ1v) is 17.0. The molecule has 236 valence electrons. The first-order valence-electron chi connectivity index (χ1n) is 17.0. The predicted octanol–water partition coefficient (Wildman–Crippen LogP) is 7.20. The minimum Gasteiger partial charge on any atom is -0.458 e. The van der Waals surface area contributed by atoms with Crippen LogP contribution in [0.5, 0.6) is 0 Å². The van der Waals surface area contributed by atoms with Crippen LogP contribution in [0.2, 0.25) is 0 Å². The van der Waals surface area contributed by atoms with Crippen LogP contribution in [-0.2, 0) is 19.1 Å². The van der Waals surface area contributed by atoms with Gasteiger partial charge in [0, 0.05) is 36.0 Å². The quantitative estimate of drug-likeness (QED) is 0.113. The van der Waals surface area contributed by atoms with Gasteiger partial charge in [-0.05, 0) is 36.8 Å². The lowest BCUT2D eigenvalue weighted by atomic mass is 9.60. The molecule has 6 heteroatoms. The van der Waals surface area contributed by atoms with E-state index in [0.29, 0.717) is 30.3 Å². The molecule has 0 aromatic carbocycles. The molecular weight excluding hydrogens is 528 g/mol. The van der Waals surface area contributed by atoms with Gasteiger partial charge in [-0.1, -0.05) is 117 Å². The number of hydrogen-bond donors (Lipinski definition) is 2. The van der Waals surface area contributed by atoms with Crippen LogP contribution in [0.4, 0.5) is 0 Å². The van der Waals surface area contributed by atoms with Crippen molar-refractivity contribution in [2.45, 2.75) is 154 Å². The number of aldehydes is 1. The summed E-state index contributed by atoms with van der Waals surface area (Å²) >= 11 is 0. The molecule has 4 aliphatic carbocycles. The van der Waals surface area contributed by atoms with Gasteiger partial charge < -0.3 is 14.9 Å². The maximum Gasteiger partial charge on any atom is 0.306 e. The van der Waals surface area contributed by atoms with E-state index >= 15 is 0 Å². The Morgan fingerprint density at radius 1 is 0.952 bits per heavy atom. The highest BCUT2D eigenvalue weighted by atomic mass is 16.6. The standard InChI is InChI=1S/C36H56O6/c1-6-7-8-9-10-11-12-13-14-15-16-17-18-19-30(38)42-35-22-26(3)36(41)28(31(35)33(35,4)5)21-27(24-37)23-34(40)29(36)20-25(2)32(34)39/h20-21,24,26,28-29,31,40-41H,6-19,22-23H2,1-5H3/t26-,28+,29-,31+,34-,35+,36-/m1/s1. The fraction of sp³-hybridized carbons (Fsp3) is 0.806.